The second-order valence-corrected chi connectivity index (χ2v) is 6.24. The molecule has 0 aliphatic carbocycles. The molecule has 2 heterocycles. The van der Waals surface area contributed by atoms with Crippen molar-refractivity contribution in [2.75, 3.05) is 13.2 Å². The standard InChI is InChI=1S/C15H17BrFNO2/c16-12-9-10(17)5-6-11(12)15(19)18-7-1-3-13(18)14-4-2-8-20-14/h5-6,9,13-14H,1-4,7-8H2/t13-,14-/m1/s1. The Morgan fingerprint density at radius 3 is 2.90 bits per heavy atom. The van der Waals surface area contributed by atoms with E-state index in [4.69, 9.17) is 4.74 Å². The van der Waals surface area contributed by atoms with Gasteiger partial charge in [-0.2, -0.15) is 0 Å². The molecule has 0 N–H and O–H groups in total. The van der Waals surface area contributed by atoms with Gasteiger partial charge in [0, 0.05) is 17.6 Å². The van der Waals surface area contributed by atoms with Gasteiger partial charge in [0.2, 0.25) is 0 Å². The quantitative estimate of drug-likeness (QED) is 0.825. The molecule has 108 valence electrons. The first kappa shape index (κ1) is 14.0. The van der Waals surface area contributed by atoms with Gasteiger partial charge in [-0.1, -0.05) is 0 Å². The van der Waals surface area contributed by atoms with Crippen LogP contribution in [0.15, 0.2) is 22.7 Å². The van der Waals surface area contributed by atoms with Crippen molar-refractivity contribution >= 4 is 21.8 Å². The Labute approximate surface area is 126 Å². The summed E-state index contributed by atoms with van der Waals surface area (Å²) in [5.74, 6) is -0.375. The maximum atomic E-state index is 13.1. The third kappa shape index (κ3) is 2.61. The third-order valence-electron chi connectivity index (χ3n) is 4.12. The second-order valence-electron chi connectivity index (χ2n) is 5.38. The molecule has 1 aromatic rings. The van der Waals surface area contributed by atoms with E-state index in [1.54, 1.807) is 6.07 Å². The Kier molecular flexibility index (Phi) is 4.08. The SMILES string of the molecule is O=C(c1ccc(F)cc1Br)N1CCC[C@@H]1[C@H]1CCCO1. The van der Waals surface area contributed by atoms with Gasteiger partial charge in [-0.15, -0.1) is 0 Å². The summed E-state index contributed by atoms with van der Waals surface area (Å²) in [7, 11) is 0. The largest absolute Gasteiger partial charge is 0.376 e. The summed E-state index contributed by atoms with van der Waals surface area (Å²) in [4.78, 5) is 14.6. The lowest BCUT2D eigenvalue weighted by molar-refractivity contribution is 0.0340. The number of rotatable bonds is 2. The highest BCUT2D eigenvalue weighted by Gasteiger charge is 2.37. The van der Waals surface area contributed by atoms with Gasteiger partial charge in [0.15, 0.2) is 0 Å². The van der Waals surface area contributed by atoms with Crippen molar-refractivity contribution in [1.82, 2.24) is 4.90 Å². The van der Waals surface area contributed by atoms with Crippen LogP contribution in [0.3, 0.4) is 0 Å². The lowest BCUT2D eigenvalue weighted by Gasteiger charge is -2.29. The molecule has 0 saturated carbocycles. The zero-order valence-corrected chi connectivity index (χ0v) is 12.7. The fourth-order valence-corrected chi connectivity index (χ4v) is 3.68. The molecule has 1 amide bonds. The predicted molar refractivity (Wildman–Crippen MR) is 77.1 cm³/mol. The Hall–Kier alpha value is -0.940. The minimum atomic E-state index is -0.342. The highest BCUT2D eigenvalue weighted by atomic mass is 79.9. The van der Waals surface area contributed by atoms with Crippen molar-refractivity contribution in [1.29, 1.82) is 0 Å². The van der Waals surface area contributed by atoms with E-state index in [0.717, 1.165) is 38.8 Å². The van der Waals surface area contributed by atoms with Crippen LogP contribution in [0.1, 0.15) is 36.0 Å². The molecule has 0 aromatic heterocycles. The van der Waals surface area contributed by atoms with Crippen molar-refractivity contribution in [2.24, 2.45) is 0 Å². The van der Waals surface area contributed by atoms with E-state index in [9.17, 15) is 9.18 Å². The highest BCUT2D eigenvalue weighted by Crippen LogP contribution is 2.30. The Balaban J connectivity index is 1.81. The van der Waals surface area contributed by atoms with E-state index in [2.05, 4.69) is 15.9 Å². The maximum Gasteiger partial charge on any atom is 0.255 e. The molecule has 2 saturated heterocycles. The molecule has 0 unspecified atom stereocenters. The first-order valence-electron chi connectivity index (χ1n) is 7.04. The lowest BCUT2D eigenvalue weighted by Crippen LogP contribution is -2.42. The predicted octanol–water partition coefficient (Wildman–Crippen LogP) is 3.37. The number of likely N-dealkylation sites (tertiary alicyclic amines) is 1. The Bertz CT molecular complexity index is 517. The van der Waals surface area contributed by atoms with Gasteiger partial charge in [-0.25, -0.2) is 4.39 Å². The van der Waals surface area contributed by atoms with Crippen molar-refractivity contribution in [2.45, 2.75) is 37.8 Å². The van der Waals surface area contributed by atoms with Crippen LogP contribution in [-0.2, 0) is 4.74 Å². The highest BCUT2D eigenvalue weighted by molar-refractivity contribution is 9.10. The molecule has 3 rings (SSSR count). The number of benzene rings is 1. The molecule has 20 heavy (non-hydrogen) atoms. The van der Waals surface area contributed by atoms with Crippen LogP contribution in [0.25, 0.3) is 0 Å². The Morgan fingerprint density at radius 2 is 2.20 bits per heavy atom. The summed E-state index contributed by atoms with van der Waals surface area (Å²) in [5, 5.41) is 0. The molecule has 2 aliphatic heterocycles. The average Bonchev–Trinajstić information content (AvgIpc) is 3.09. The van der Waals surface area contributed by atoms with Crippen molar-refractivity contribution in [3.05, 3.63) is 34.1 Å². The molecule has 5 heteroatoms. The number of halogens is 2. The summed E-state index contributed by atoms with van der Waals surface area (Å²) in [6.07, 6.45) is 4.27. The molecule has 2 atom stereocenters. The molecule has 3 nitrogen and oxygen atoms in total. The summed E-state index contributed by atoms with van der Waals surface area (Å²) >= 11 is 3.28. The fourth-order valence-electron chi connectivity index (χ4n) is 3.15. The molecule has 0 spiro atoms. The number of hydrogen-bond donors (Lipinski definition) is 0. The number of ether oxygens (including phenoxy) is 1. The minimum absolute atomic E-state index is 0.0325. The number of nitrogens with zero attached hydrogens (tertiary/aromatic N) is 1. The number of amides is 1. The second kappa shape index (κ2) is 5.82. The average molecular weight is 342 g/mol. The molecule has 2 aliphatic rings. The first-order chi connectivity index (χ1) is 9.66. The van der Waals surface area contributed by atoms with Gasteiger partial charge in [-0.05, 0) is 59.8 Å². The summed E-state index contributed by atoms with van der Waals surface area (Å²) in [6.45, 7) is 1.55. The van der Waals surface area contributed by atoms with Crippen LogP contribution >= 0.6 is 15.9 Å². The van der Waals surface area contributed by atoms with Gasteiger partial charge in [0.1, 0.15) is 5.82 Å². The normalized spacial score (nSPS) is 26.2. The zero-order valence-electron chi connectivity index (χ0n) is 11.1. The van der Waals surface area contributed by atoms with E-state index < -0.39 is 0 Å². The van der Waals surface area contributed by atoms with Gasteiger partial charge in [0.25, 0.3) is 5.91 Å². The monoisotopic (exact) mass is 341 g/mol. The molecular formula is C15H17BrFNO2. The zero-order chi connectivity index (χ0) is 14.1. The molecule has 1 aromatic carbocycles. The van der Waals surface area contributed by atoms with E-state index >= 15 is 0 Å². The van der Waals surface area contributed by atoms with Crippen LogP contribution in [0.5, 0.6) is 0 Å². The van der Waals surface area contributed by atoms with Crippen molar-refractivity contribution < 1.29 is 13.9 Å². The van der Waals surface area contributed by atoms with Crippen LogP contribution in [0.4, 0.5) is 4.39 Å². The van der Waals surface area contributed by atoms with Crippen LogP contribution in [0.2, 0.25) is 0 Å². The fraction of sp³-hybridized carbons (Fsp3) is 0.533. The van der Waals surface area contributed by atoms with Gasteiger partial charge in [-0.3, -0.25) is 4.79 Å². The van der Waals surface area contributed by atoms with Crippen LogP contribution in [0, 0.1) is 5.82 Å². The van der Waals surface area contributed by atoms with Gasteiger partial charge >= 0.3 is 0 Å². The van der Waals surface area contributed by atoms with Gasteiger partial charge < -0.3 is 9.64 Å². The number of carbonyl (C=O) groups is 1. The summed E-state index contributed by atoms with van der Waals surface area (Å²) in [6, 6.07) is 4.38. The van der Waals surface area contributed by atoms with Crippen molar-refractivity contribution in [3.63, 3.8) is 0 Å². The molecule has 0 radical (unpaired) electrons. The topological polar surface area (TPSA) is 29.5 Å². The summed E-state index contributed by atoms with van der Waals surface area (Å²) in [5.41, 5.74) is 0.524. The third-order valence-corrected chi connectivity index (χ3v) is 4.77. The first-order valence-corrected chi connectivity index (χ1v) is 7.84. The van der Waals surface area contributed by atoms with Crippen molar-refractivity contribution in [3.8, 4) is 0 Å². The number of hydrogen-bond acceptors (Lipinski definition) is 2. The smallest absolute Gasteiger partial charge is 0.255 e. The molecule has 2 fully saturated rings. The maximum absolute atomic E-state index is 13.1. The van der Waals surface area contributed by atoms with Crippen LogP contribution < -0.4 is 0 Å². The lowest BCUT2D eigenvalue weighted by atomic mass is 10.0. The summed E-state index contributed by atoms with van der Waals surface area (Å²) < 4.78 is 19.4. The molecular weight excluding hydrogens is 325 g/mol. The van der Waals surface area contributed by atoms with E-state index in [1.165, 1.54) is 12.1 Å². The number of carbonyl (C=O) groups excluding carboxylic acids is 1. The van der Waals surface area contributed by atoms with E-state index in [0.29, 0.717) is 10.0 Å². The van der Waals surface area contributed by atoms with Gasteiger partial charge in [0.05, 0.1) is 17.7 Å². The molecule has 0 bridgehead atoms. The Morgan fingerprint density at radius 1 is 1.35 bits per heavy atom. The van der Waals surface area contributed by atoms with E-state index in [-0.39, 0.29) is 23.9 Å². The minimum Gasteiger partial charge on any atom is -0.376 e. The van der Waals surface area contributed by atoms with Crippen LogP contribution in [-0.4, -0.2) is 36.1 Å². The van der Waals surface area contributed by atoms with E-state index in [1.807, 2.05) is 4.90 Å².